The predicted molar refractivity (Wildman–Crippen MR) is 135 cm³/mol. The topological polar surface area (TPSA) is 105 Å². The van der Waals surface area contributed by atoms with E-state index in [1.807, 2.05) is 27.7 Å². The van der Waals surface area contributed by atoms with Crippen molar-refractivity contribution in [3.63, 3.8) is 0 Å². The summed E-state index contributed by atoms with van der Waals surface area (Å²) >= 11 is 1.44. The predicted octanol–water partition coefficient (Wildman–Crippen LogP) is 4.81. The van der Waals surface area contributed by atoms with Crippen LogP contribution >= 0.6 is 11.3 Å². The van der Waals surface area contributed by atoms with Crippen LogP contribution in [-0.2, 0) is 21.2 Å². The number of nitrogens with one attached hydrogen (secondary N) is 1. The number of imidazole rings is 1. The summed E-state index contributed by atoms with van der Waals surface area (Å²) in [7, 11) is -3.60. The highest BCUT2D eigenvalue weighted by molar-refractivity contribution is 7.88. The molecule has 1 aliphatic heterocycles. The van der Waals surface area contributed by atoms with Crippen LogP contribution in [0.15, 0.2) is 24.5 Å². The van der Waals surface area contributed by atoms with Gasteiger partial charge in [-0.2, -0.15) is 0 Å². The Morgan fingerprint density at radius 1 is 1.11 bits per heavy atom. The van der Waals surface area contributed by atoms with Gasteiger partial charge in [0.2, 0.25) is 10.0 Å². The molecule has 1 fully saturated rings. The highest BCUT2D eigenvalue weighted by Crippen LogP contribution is 2.42. The summed E-state index contributed by atoms with van der Waals surface area (Å²) in [5.41, 5.74) is 2.32. The molecule has 1 aromatic carbocycles. The van der Waals surface area contributed by atoms with Gasteiger partial charge in [0, 0.05) is 29.6 Å². The highest BCUT2D eigenvalue weighted by atomic mass is 32.2. The summed E-state index contributed by atoms with van der Waals surface area (Å²) in [6, 6.07) is 4.86. The smallest absolute Gasteiger partial charge is 0.218 e. The first-order valence-electron chi connectivity index (χ1n) is 11.5. The Labute approximate surface area is 207 Å². The first kappa shape index (κ1) is 24.0. The van der Waals surface area contributed by atoms with Crippen LogP contribution in [0.3, 0.4) is 0 Å². The third-order valence-corrected chi connectivity index (χ3v) is 9.34. The van der Waals surface area contributed by atoms with Crippen molar-refractivity contribution in [1.29, 1.82) is 0 Å². The maximum Gasteiger partial charge on any atom is 0.218 e. The van der Waals surface area contributed by atoms with Gasteiger partial charge in [0.25, 0.3) is 0 Å². The second-order valence-corrected chi connectivity index (χ2v) is 12.8. The number of hydrogen-bond donors (Lipinski definition) is 1. The van der Waals surface area contributed by atoms with Crippen molar-refractivity contribution < 1.29 is 12.8 Å². The van der Waals surface area contributed by atoms with Crippen LogP contribution in [0.1, 0.15) is 50.0 Å². The zero-order chi connectivity index (χ0) is 25.0. The summed E-state index contributed by atoms with van der Waals surface area (Å²) in [6.07, 6.45) is 3.10. The Hall–Kier alpha value is -2.76. The fraction of sp³-hybridized carbons (Fsp3) is 0.417. The van der Waals surface area contributed by atoms with E-state index in [9.17, 15) is 8.42 Å². The third kappa shape index (κ3) is 4.48. The molecule has 4 aromatic rings. The number of aromatic amines is 1. The molecule has 4 heterocycles. The lowest BCUT2D eigenvalue weighted by atomic mass is 9.98. The van der Waals surface area contributed by atoms with E-state index in [0.717, 1.165) is 17.8 Å². The number of aromatic nitrogens is 5. The summed E-state index contributed by atoms with van der Waals surface area (Å²) < 4.78 is 43.2. The monoisotopic (exact) mass is 514 g/mol. The Morgan fingerprint density at radius 2 is 1.86 bits per heavy atom. The van der Waals surface area contributed by atoms with Crippen LogP contribution in [0.25, 0.3) is 33.0 Å². The van der Waals surface area contributed by atoms with Crippen molar-refractivity contribution >= 4 is 32.5 Å². The molecule has 0 atom stereocenters. The fourth-order valence-corrected chi connectivity index (χ4v) is 6.98. The number of fused-ring (bicyclic) bond motifs is 1. The molecule has 0 saturated carbocycles. The average molecular weight is 515 g/mol. The Balaban J connectivity index is 1.66. The normalized spacial score (nSPS) is 15.3. The average Bonchev–Trinajstić information content (AvgIpc) is 3.53. The number of thiazole rings is 1. The molecule has 0 amide bonds. The number of H-pyrrole nitrogens is 1. The fourth-order valence-electron chi connectivity index (χ4n) is 4.23. The second-order valence-electron chi connectivity index (χ2n) is 9.83. The molecule has 8 nitrogen and oxygen atoms in total. The number of benzene rings is 1. The van der Waals surface area contributed by atoms with E-state index in [2.05, 4.69) is 19.9 Å². The quantitative estimate of drug-likeness (QED) is 0.410. The molecule has 1 N–H and O–H groups in total. The third-order valence-electron chi connectivity index (χ3n) is 6.02. The van der Waals surface area contributed by atoms with E-state index >= 15 is 4.39 Å². The van der Waals surface area contributed by atoms with Crippen molar-refractivity contribution in [3.8, 4) is 21.8 Å². The van der Waals surface area contributed by atoms with Crippen molar-refractivity contribution in [2.75, 3.05) is 13.1 Å². The molecule has 11 heteroatoms. The van der Waals surface area contributed by atoms with Crippen LogP contribution < -0.4 is 0 Å². The lowest BCUT2D eigenvalue weighted by Gasteiger charge is -2.16. The van der Waals surface area contributed by atoms with E-state index in [1.54, 1.807) is 12.1 Å². The van der Waals surface area contributed by atoms with Crippen molar-refractivity contribution in [3.05, 3.63) is 46.7 Å². The van der Waals surface area contributed by atoms with E-state index in [0.29, 0.717) is 46.3 Å². The van der Waals surface area contributed by atoms with E-state index in [1.165, 1.54) is 28.0 Å². The standard InChI is InChI=1S/C24H27FN6O2S2/c1-14-28-20-19(26-13-27-22(20)29-14)21-18(30-23(34-21)24(2,3)4)16-9-7-8-15(17(16)25)12-35(32,33)31-10-5-6-11-31/h7-9,13H,5-6,10-12H2,1-4H3,(H,26,27,28,29). The zero-order valence-corrected chi connectivity index (χ0v) is 21.7. The minimum absolute atomic E-state index is 0.135. The van der Waals surface area contributed by atoms with Gasteiger partial charge >= 0.3 is 0 Å². The van der Waals surface area contributed by atoms with Crippen LogP contribution in [0.5, 0.6) is 0 Å². The molecule has 0 spiro atoms. The van der Waals surface area contributed by atoms with Crippen LogP contribution in [0, 0.1) is 12.7 Å². The minimum atomic E-state index is -3.60. The molecule has 1 aliphatic rings. The van der Waals surface area contributed by atoms with Gasteiger partial charge in [-0.05, 0) is 25.8 Å². The molecule has 35 heavy (non-hydrogen) atoms. The van der Waals surface area contributed by atoms with Gasteiger partial charge in [-0.1, -0.05) is 32.9 Å². The Morgan fingerprint density at radius 3 is 2.57 bits per heavy atom. The molecule has 0 aliphatic carbocycles. The maximum absolute atomic E-state index is 15.9. The van der Waals surface area contributed by atoms with Gasteiger partial charge in [0.1, 0.15) is 29.2 Å². The van der Waals surface area contributed by atoms with Crippen molar-refractivity contribution in [2.24, 2.45) is 0 Å². The molecule has 0 radical (unpaired) electrons. The Bertz CT molecular complexity index is 1510. The molecular weight excluding hydrogens is 487 g/mol. The SMILES string of the molecule is Cc1nc2ncnc(-c3sc(C(C)(C)C)nc3-c3cccc(CS(=O)(=O)N4CCCC4)c3F)c2[nH]1. The molecule has 1 saturated heterocycles. The zero-order valence-electron chi connectivity index (χ0n) is 20.1. The molecular formula is C24H27FN6O2S2. The van der Waals surface area contributed by atoms with Crippen molar-refractivity contribution in [1.82, 2.24) is 29.2 Å². The number of nitrogens with zero attached hydrogens (tertiary/aromatic N) is 5. The molecule has 5 rings (SSSR count). The minimum Gasteiger partial charge on any atom is -0.339 e. The largest absolute Gasteiger partial charge is 0.339 e. The number of hydrogen-bond acceptors (Lipinski definition) is 7. The van der Waals surface area contributed by atoms with Crippen LogP contribution in [0.4, 0.5) is 4.39 Å². The van der Waals surface area contributed by atoms with Gasteiger partial charge in [-0.15, -0.1) is 11.3 Å². The van der Waals surface area contributed by atoms with Crippen LogP contribution in [0.2, 0.25) is 0 Å². The van der Waals surface area contributed by atoms with Crippen LogP contribution in [-0.4, -0.2) is 50.7 Å². The molecule has 0 bridgehead atoms. The van der Waals surface area contributed by atoms with E-state index < -0.39 is 15.8 Å². The first-order valence-corrected chi connectivity index (χ1v) is 13.9. The van der Waals surface area contributed by atoms with E-state index in [4.69, 9.17) is 4.98 Å². The molecule has 3 aromatic heterocycles. The van der Waals surface area contributed by atoms with Gasteiger partial charge in [0.15, 0.2) is 5.65 Å². The van der Waals surface area contributed by atoms with Gasteiger partial charge in [0.05, 0.1) is 21.3 Å². The summed E-state index contributed by atoms with van der Waals surface area (Å²) in [5, 5.41) is 0.819. The highest BCUT2D eigenvalue weighted by Gasteiger charge is 2.30. The van der Waals surface area contributed by atoms with E-state index in [-0.39, 0.29) is 22.3 Å². The summed E-state index contributed by atoms with van der Waals surface area (Å²) in [6.45, 7) is 8.95. The molecule has 0 unspecified atom stereocenters. The van der Waals surface area contributed by atoms with Gasteiger partial charge < -0.3 is 4.98 Å². The van der Waals surface area contributed by atoms with Gasteiger partial charge in [-0.3, -0.25) is 0 Å². The number of sulfonamides is 1. The first-order chi connectivity index (χ1) is 16.5. The molecule has 184 valence electrons. The number of rotatable bonds is 5. The summed E-state index contributed by atoms with van der Waals surface area (Å²) in [5.74, 6) is -0.256. The lowest BCUT2D eigenvalue weighted by Crippen LogP contribution is -2.29. The second kappa shape index (κ2) is 8.72. The number of halogens is 1. The Kier molecular flexibility index (Phi) is 5.97. The maximum atomic E-state index is 15.9. The lowest BCUT2D eigenvalue weighted by molar-refractivity contribution is 0.475. The number of aryl methyl sites for hydroxylation is 1. The van der Waals surface area contributed by atoms with Crippen molar-refractivity contribution in [2.45, 2.75) is 51.7 Å². The van der Waals surface area contributed by atoms with Gasteiger partial charge in [-0.25, -0.2) is 37.0 Å². The summed E-state index contributed by atoms with van der Waals surface area (Å²) in [4.78, 5) is 21.9.